The van der Waals surface area contributed by atoms with Crippen molar-refractivity contribution in [2.45, 2.75) is 60.3 Å². The predicted molar refractivity (Wildman–Crippen MR) is 134 cm³/mol. The van der Waals surface area contributed by atoms with Crippen molar-refractivity contribution in [2.75, 3.05) is 0 Å². The van der Waals surface area contributed by atoms with E-state index in [4.69, 9.17) is 5.41 Å². The maximum absolute atomic E-state index is 12.8. The normalized spacial score (nSPS) is 17.2. The van der Waals surface area contributed by atoms with Gasteiger partial charge in [0, 0.05) is 17.1 Å². The van der Waals surface area contributed by atoms with Crippen LogP contribution < -0.4 is 0 Å². The van der Waals surface area contributed by atoms with Crippen LogP contribution in [0, 0.1) is 33.1 Å². The second-order valence-electron chi connectivity index (χ2n) is 8.40. The number of aromatic nitrogens is 1. The minimum absolute atomic E-state index is 0.0916. The lowest BCUT2D eigenvalue weighted by Crippen LogP contribution is -2.35. The van der Waals surface area contributed by atoms with Crippen molar-refractivity contribution in [1.29, 1.82) is 5.41 Å². The Morgan fingerprint density at radius 3 is 2.59 bits per heavy atom. The Morgan fingerprint density at radius 2 is 1.88 bits per heavy atom. The summed E-state index contributed by atoms with van der Waals surface area (Å²) in [5.41, 5.74) is 6.86. The van der Waals surface area contributed by atoms with Gasteiger partial charge in [0.15, 0.2) is 5.84 Å². The van der Waals surface area contributed by atoms with Crippen LogP contribution in [-0.4, -0.2) is 31.5 Å². The zero-order valence-electron chi connectivity index (χ0n) is 19.3. The average Bonchev–Trinajstić information content (AvgIpc) is 3.27. The standard InChI is InChI=1S/C25H29N5OS/c1-6-7-8-9-22-28-30-23(26)21(24(31)27-25(30)32-22)14-19-13-17(4)29(18(19)5)20-11-10-15(2)16(3)12-20/h10-14,26H,6-9H2,1-5H3/b21-14+,26-23?. The highest BCUT2D eigenvalue weighted by atomic mass is 32.2. The summed E-state index contributed by atoms with van der Waals surface area (Å²) in [7, 11) is 0. The largest absolute Gasteiger partial charge is 0.318 e. The van der Waals surface area contributed by atoms with Crippen LogP contribution in [0.5, 0.6) is 0 Å². The Labute approximate surface area is 193 Å². The van der Waals surface area contributed by atoms with E-state index in [2.05, 4.69) is 66.6 Å². The molecule has 1 amide bonds. The maximum Gasteiger partial charge on any atom is 0.283 e. The molecule has 1 aromatic heterocycles. The molecule has 1 N–H and O–H groups in total. The van der Waals surface area contributed by atoms with E-state index in [0.29, 0.717) is 5.17 Å². The van der Waals surface area contributed by atoms with Crippen LogP contribution in [0.1, 0.15) is 60.7 Å². The Hall–Kier alpha value is -2.93. The summed E-state index contributed by atoms with van der Waals surface area (Å²) in [5, 5.41) is 16.1. The van der Waals surface area contributed by atoms with E-state index < -0.39 is 0 Å². The van der Waals surface area contributed by atoms with E-state index in [1.807, 2.05) is 6.92 Å². The molecule has 3 heterocycles. The summed E-state index contributed by atoms with van der Waals surface area (Å²) in [6.45, 7) is 10.5. The third-order valence-electron chi connectivity index (χ3n) is 6.01. The topological polar surface area (TPSA) is 73.8 Å². The number of unbranched alkanes of at least 4 members (excludes halogenated alkanes) is 2. The molecule has 7 heteroatoms. The number of benzene rings is 1. The molecule has 2 aromatic rings. The quantitative estimate of drug-likeness (QED) is 0.442. The van der Waals surface area contributed by atoms with Crippen LogP contribution in [0.4, 0.5) is 0 Å². The van der Waals surface area contributed by atoms with Crippen LogP contribution >= 0.6 is 11.8 Å². The molecule has 0 radical (unpaired) electrons. The van der Waals surface area contributed by atoms with Gasteiger partial charge >= 0.3 is 0 Å². The number of aryl methyl sites for hydroxylation is 3. The number of nitrogens with one attached hydrogen (secondary N) is 1. The fourth-order valence-electron chi connectivity index (χ4n) is 4.01. The second kappa shape index (κ2) is 8.90. The van der Waals surface area contributed by atoms with Crippen LogP contribution in [-0.2, 0) is 4.79 Å². The number of hydrogen-bond acceptors (Lipinski definition) is 4. The van der Waals surface area contributed by atoms with Crippen LogP contribution in [0.3, 0.4) is 0 Å². The van der Waals surface area contributed by atoms with Crippen molar-refractivity contribution in [1.82, 2.24) is 9.58 Å². The van der Waals surface area contributed by atoms with Gasteiger partial charge < -0.3 is 4.57 Å². The lowest BCUT2D eigenvalue weighted by atomic mass is 10.1. The van der Waals surface area contributed by atoms with E-state index >= 15 is 0 Å². The molecule has 2 aliphatic rings. The first kappa shape index (κ1) is 22.3. The molecule has 4 rings (SSSR count). The van der Waals surface area contributed by atoms with Gasteiger partial charge in [-0.05, 0) is 93.3 Å². The number of thioether (sulfide) groups is 1. The first-order valence-corrected chi connectivity index (χ1v) is 11.9. The molecule has 32 heavy (non-hydrogen) atoms. The lowest BCUT2D eigenvalue weighted by molar-refractivity contribution is -0.114. The molecule has 0 fully saturated rings. The van der Waals surface area contributed by atoms with E-state index in [9.17, 15) is 4.79 Å². The molecule has 166 valence electrons. The molecule has 6 nitrogen and oxygen atoms in total. The van der Waals surface area contributed by atoms with Gasteiger partial charge in [-0.2, -0.15) is 15.1 Å². The third kappa shape index (κ3) is 4.09. The van der Waals surface area contributed by atoms with E-state index in [1.165, 1.54) is 27.9 Å². The van der Waals surface area contributed by atoms with Crippen LogP contribution in [0.25, 0.3) is 11.8 Å². The maximum atomic E-state index is 12.8. The van der Waals surface area contributed by atoms with Gasteiger partial charge in [0.05, 0.1) is 5.57 Å². The number of aliphatic imine (C=N–C) groups is 1. The molecule has 0 saturated heterocycles. The summed E-state index contributed by atoms with van der Waals surface area (Å²) in [5.74, 6) is -0.288. The van der Waals surface area contributed by atoms with Crippen molar-refractivity contribution < 1.29 is 4.79 Å². The fraction of sp³-hybridized carbons (Fsp3) is 0.360. The van der Waals surface area contributed by atoms with Gasteiger partial charge in [0.1, 0.15) is 5.04 Å². The van der Waals surface area contributed by atoms with E-state index in [-0.39, 0.29) is 17.3 Å². The Balaban J connectivity index is 1.65. The summed E-state index contributed by atoms with van der Waals surface area (Å²) >= 11 is 1.40. The Kier molecular flexibility index (Phi) is 6.20. The smallest absolute Gasteiger partial charge is 0.283 e. The van der Waals surface area contributed by atoms with Gasteiger partial charge in [0.25, 0.3) is 5.91 Å². The van der Waals surface area contributed by atoms with Crippen molar-refractivity contribution in [2.24, 2.45) is 10.1 Å². The minimum atomic E-state index is -0.380. The Bertz CT molecular complexity index is 1200. The minimum Gasteiger partial charge on any atom is -0.318 e. The van der Waals surface area contributed by atoms with E-state index in [1.54, 1.807) is 6.08 Å². The van der Waals surface area contributed by atoms with Crippen LogP contribution in [0.2, 0.25) is 0 Å². The highest BCUT2D eigenvalue weighted by molar-refractivity contribution is 8.26. The number of amidine groups is 2. The second-order valence-corrected chi connectivity index (χ2v) is 9.44. The molecule has 0 unspecified atom stereocenters. The molecule has 0 aliphatic carbocycles. The molecule has 0 saturated carbocycles. The number of carbonyl (C=O) groups excluding carboxylic acids is 1. The molecular formula is C25H29N5OS. The third-order valence-corrected chi connectivity index (χ3v) is 6.98. The molecule has 0 bridgehead atoms. The van der Waals surface area contributed by atoms with Gasteiger partial charge in [-0.3, -0.25) is 10.2 Å². The van der Waals surface area contributed by atoms with Gasteiger partial charge in [-0.15, -0.1) is 0 Å². The number of hydrogen-bond donors (Lipinski definition) is 1. The number of hydrazone groups is 1. The lowest BCUT2D eigenvalue weighted by Gasteiger charge is -2.20. The van der Waals surface area contributed by atoms with Gasteiger partial charge in [-0.25, -0.2) is 0 Å². The van der Waals surface area contributed by atoms with E-state index in [0.717, 1.165) is 53.4 Å². The van der Waals surface area contributed by atoms with Crippen molar-refractivity contribution in [3.8, 4) is 5.69 Å². The first-order chi connectivity index (χ1) is 15.3. The zero-order valence-corrected chi connectivity index (χ0v) is 20.1. The molecular weight excluding hydrogens is 418 g/mol. The highest BCUT2D eigenvalue weighted by Crippen LogP contribution is 2.31. The monoisotopic (exact) mass is 447 g/mol. The van der Waals surface area contributed by atoms with Gasteiger partial charge in [-0.1, -0.05) is 25.8 Å². The SMILES string of the molecule is CCCCCC1=NN2C(=N)/C(=C\c3cc(C)n(-c4ccc(C)c(C)c4)c3C)C(=O)N=C2S1. The van der Waals surface area contributed by atoms with Crippen LogP contribution in [0.15, 0.2) is 39.9 Å². The number of carbonyl (C=O) groups is 1. The van der Waals surface area contributed by atoms with Crippen molar-refractivity contribution in [3.63, 3.8) is 0 Å². The predicted octanol–water partition coefficient (Wildman–Crippen LogP) is 5.91. The molecule has 2 aliphatic heterocycles. The first-order valence-electron chi connectivity index (χ1n) is 11.1. The zero-order chi connectivity index (χ0) is 23.0. The summed E-state index contributed by atoms with van der Waals surface area (Å²) in [6.07, 6.45) is 5.97. The number of fused-ring (bicyclic) bond motifs is 1. The summed E-state index contributed by atoms with van der Waals surface area (Å²) in [6, 6.07) is 8.46. The summed E-state index contributed by atoms with van der Waals surface area (Å²) < 4.78 is 2.18. The fourth-order valence-corrected chi connectivity index (χ4v) is 4.94. The molecule has 1 aromatic carbocycles. The van der Waals surface area contributed by atoms with Crippen molar-refractivity contribution >= 4 is 39.8 Å². The van der Waals surface area contributed by atoms with Gasteiger partial charge in [0.2, 0.25) is 5.17 Å². The average molecular weight is 448 g/mol. The Morgan fingerprint density at radius 1 is 1.09 bits per heavy atom. The number of rotatable bonds is 6. The van der Waals surface area contributed by atoms with Crippen molar-refractivity contribution in [3.05, 3.63) is 57.9 Å². The highest BCUT2D eigenvalue weighted by Gasteiger charge is 2.35. The molecule has 0 spiro atoms. The summed E-state index contributed by atoms with van der Waals surface area (Å²) in [4.78, 5) is 17.0. The number of nitrogens with zero attached hydrogens (tertiary/aromatic N) is 4. The number of amides is 1. The molecule has 0 atom stereocenters.